The van der Waals surface area contributed by atoms with E-state index in [2.05, 4.69) is 22.3 Å². The molecule has 28 heavy (non-hydrogen) atoms. The van der Waals surface area contributed by atoms with Crippen LogP contribution in [0.4, 0.5) is 5.13 Å². The van der Waals surface area contributed by atoms with Crippen LogP contribution in [0.3, 0.4) is 0 Å². The Hall–Kier alpha value is -1.75. The van der Waals surface area contributed by atoms with Crippen LogP contribution in [-0.4, -0.2) is 16.1 Å². The molecular weight excluding hydrogens is 366 g/mol. The van der Waals surface area contributed by atoms with Crippen LogP contribution in [-0.2, 0) is 16.8 Å². The highest BCUT2D eigenvalue weighted by Crippen LogP contribution is 2.61. The first-order chi connectivity index (χ1) is 13.5. The number of rotatable bonds is 5. The molecule has 4 fully saturated rings. The Morgan fingerprint density at radius 3 is 2.25 bits per heavy atom. The van der Waals surface area contributed by atoms with Crippen molar-refractivity contribution in [3.63, 3.8) is 0 Å². The Kier molecular flexibility index (Phi) is 4.53. The summed E-state index contributed by atoms with van der Waals surface area (Å²) in [5, 5.41) is 11.2. The summed E-state index contributed by atoms with van der Waals surface area (Å²) in [6.07, 6.45) is 8.13. The lowest BCUT2D eigenvalue weighted by atomic mass is 9.50. The number of hydrogen-bond acceptors (Lipinski definition) is 4. The second kappa shape index (κ2) is 6.94. The molecule has 4 aliphatic rings. The molecule has 1 aromatic heterocycles. The van der Waals surface area contributed by atoms with Crippen LogP contribution in [0.5, 0.6) is 0 Å². The molecule has 4 bridgehead atoms. The molecule has 1 aromatic carbocycles. The van der Waals surface area contributed by atoms with Crippen molar-refractivity contribution in [2.24, 2.45) is 23.7 Å². The monoisotopic (exact) mass is 395 g/mol. The number of hydrogen-bond donors (Lipinski definition) is 0. The minimum atomic E-state index is -0.0596. The highest BCUT2D eigenvalue weighted by atomic mass is 32.1. The fourth-order valence-corrected chi connectivity index (χ4v) is 7.30. The summed E-state index contributed by atoms with van der Waals surface area (Å²) in [5.74, 6) is 2.72. The van der Waals surface area contributed by atoms with Gasteiger partial charge in [0.05, 0.1) is 6.54 Å². The predicted octanol–water partition coefficient (Wildman–Crippen LogP) is 5.20. The van der Waals surface area contributed by atoms with Crippen LogP contribution in [0.1, 0.15) is 62.9 Å². The number of benzene rings is 1. The first-order valence-corrected chi connectivity index (χ1v) is 11.5. The summed E-state index contributed by atoms with van der Waals surface area (Å²) in [4.78, 5) is 14.8. The maximum absolute atomic E-state index is 13.0. The Balaban J connectivity index is 1.45. The SMILES string of the molecule is CC(C)C(=O)N(Cc1ccccc1)c1nnc(C23CC4CC(CC(C4)C2)C3)s1. The predicted molar refractivity (Wildman–Crippen MR) is 112 cm³/mol. The van der Waals surface area contributed by atoms with E-state index in [0.717, 1.165) is 28.4 Å². The zero-order valence-electron chi connectivity index (χ0n) is 16.8. The minimum absolute atomic E-state index is 0.0596. The van der Waals surface area contributed by atoms with Gasteiger partial charge in [-0.15, -0.1) is 10.2 Å². The third kappa shape index (κ3) is 3.18. The van der Waals surface area contributed by atoms with Gasteiger partial charge in [0, 0.05) is 11.3 Å². The maximum Gasteiger partial charge on any atom is 0.231 e. The van der Waals surface area contributed by atoms with Gasteiger partial charge < -0.3 is 0 Å². The van der Waals surface area contributed by atoms with E-state index in [9.17, 15) is 4.79 Å². The Labute approximate surface area is 171 Å². The van der Waals surface area contributed by atoms with E-state index in [4.69, 9.17) is 0 Å². The van der Waals surface area contributed by atoms with Gasteiger partial charge in [0.1, 0.15) is 5.01 Å². The lowest BCUT2D eigenvalue weighted by Gasteiger charge is -2.55. The molecule has 5 heteroatoms. The Bertz CT molecular complexity index is 824. The molecular formula is C23H29N3OS. The third-order valence-corrected chi connectivity index (χ3v) is 8.27. The molecule has 0 N–H and O–H groups in total. The van der Waals surface area contributed by atoms with Crippen LogP contribution in [0.2, 0.25) is 0 Å². The van der Waals surface area contributed by atoms with Crippen molar-refractivity contribution in [1.29, 1.82) is 0 Å². The third-order valence-electron chi connectivity index (χ3n) is 7.08. The fraction of sp³-hybridized carbons (Fsp3) is 0.609. The van der Waals surface area contributed by atoms with Crippen LogP contribution in [0, 0.1) is 23.7 Å². The molecule has 0 atom stereocenters. The van der Waals surface area contributed by atoms with Gasteiger partial charge in [-0.3, -0.25) is 9.69 Å². The number of carbonyl (C=O) groups is 1. The molecule has 0 saturated heterocycles. The molecule has 4 nitrogen and oxygen atoms in total. The van der Waals surface area contributed by atoms with E-state index in [0.29, 0.717) is 6.54 Å². The van der Waals surface area contributed by atoms with E-state index in [-0.39, 0.29) is 17.2 Å². The summed E-state index contributed by atoms with van der Waals surface area (Å²) >= 11 is 1.68. The molecule has 0 spiro atoms. The number of anilines is 1. The second-order valence-corrected chi connectivity index (χ2v) is 10.6. The van der Waals surface area contributed by atoms with Gasteiger partial charge in [0.2, 0.25) is 11.0 Å². The highest BCUT2D eigenvalue weighted by molar-refractivity contribution is 7.15. The van der Waals surface area contributed by atoms with Crippen molar-refractivity contribution in [1.82, 2.24) is 10.2 Å². The number of carbonyl (C=O) groups excluding carboxylic acids is 1. The molecule has 1 heterocycles. The average Bonchev–Trinajstić information content (AvgIpc) is 3.16. The van der Waals surface area contributed by atoms with Gasteiger partial charge in [-0.2, -0.15) is 0 Å². The van der Waals surface area contributed by atoms with Crippen LogP contribution in [0.15, 0.2) is 30.3 Å². The fourth-order valence-electron chi connectivity index (χ4n) is 6.23. The molecule has 0 unspecified atom stereocenters. The molecule has 4 aliphatic carbocycles. The van der Waals surface area contributed by atoms with Gasteiger partial charge in [-0.25, -0.2) is 0 Å². The topological polar surface area (TPSA) is 46.1 Å². The zero-order chi connectivity index (χ0) is 19.3. The average molecular weight is 396 g/mol. The minimum Gasteiger partial charge on any atom is -0.282 e. The summed E-state index contributed by atoms with van der Waals surface area (Å²) in [7, 11) is 0. The molecule has 0 aliphatic heterocycles. The normalized spacial score (nSPS) is 30.8. The lowest BCUT2D eigenvalue weighted by Crippen LogP contribution is -2.48. The molecule has 4 saturated carbocycles. The van der Waals surface area contributed by atoms with E-state index >= 15 is 0 Å². The van der Waals surface area contributed by atoms with E-state index in [1.54, 1.807) is 11.3 Å². The van der Waals surface area contributed by atoms with Crippen molar-refractivity contribution in [2.75, 3.05) is 4.90 Å². The first kappa shape index (κ1) is 18.3. The quantitative estimate of drug-likeness (QED) is 0.699. The molecule has 1 amide bonds. The molecule has 6 rings (SSSR count). The van der Waals surface area contributed by atoms with E-state index in [1.807, 2.05) is 36.9 Å². The van der Waals surface area contributed by atoms with Crippen molar-refractivity contribution in [3.05, 3.63) is 40.9 Å². The van der Waals surface area contributed by atoms with Gasteiger partial charge in [-0.05, 0) is 61.8 Å². The van der Waals surface area contributed by atoms with Crippen LogP contribution < -0.4 is 4.90 Å². The van der Waals surface area contributed by atoms with Gasteiger partial charge in [-0.1, -0.05) is 55.5 Å². The van der Waals surface area contributed by atoms with E-state index < -0.39 is 0 Å². The smallest absolute Gasteiger partial charge is 0.231 e. The Morgan fingerprint density at radius 2 is 1.68 bits per heavy atom. The van der Waals surface area contributed by atoms with Gasteiger partial charge in [0.25, 0.3) is 0 Å². The van der Waals surface area contributed by atoms with Gasteiger partial charge >= 0.3 is 0 Å². The summed E-state index contributed by atoms with van der Waals surface area (Å²) in [6, 6.07) is 10.2. The maximum atomic E-state index is 13.0. The molecule has 0 radical (unpaired) electrons. The highest BCUT2D eigenvalue weighted by Gasteiger charge is 2.53. The second-order valence-electron chi connectivity index (χ2n) is 9.65. The summed E-state index contributed by atoms with van der Waals surface area (Å²) in [6.45, 7) is 4.48. The Morgan fingerprint density at radius 1 is 1.07 bits per heavy atom. The van der Waals surface area contributed by atoms with Gasteiger partial charge in [0.15, 0.2) is 0 Å². The van der Waals surface area contributed by atoms with Crippen molar-refractivity contribution in [2.45, 2.75) is 64.3 Å². The summed E-state index contributed by atoms with van der Waals surface area (Å²) in [5.41, 5.74) is 1.37. The standard InChI is InChI=1S/C23H29N3OS/c1-15(2)20(27)26(14-16-6-4-3-5-7-16)22-25-24-21(28-22)23-11-17-8-18(12-23)10-19(9-17)13-23/h3-7,15,17-19H,8-14H2,1-2H3. The largest absolute Gasteiger partial charge is 0.282 e. The zero-order valence-corrected chi connectivity index (χ0v) is 17.6. The number of amides is 1. The summed E-state index contributed by atoms with van der Waals surface area (Å²) < 4.78 is 0. The molecule has 2 aromatic rings. The lowest BCUT2D eigenvalue weighted by molar-refractivity contribution is -0.121. The van der Waals surface area contributed by atoms with Crippen LogP contribution >= 0.6 is 11.3 Å². The molecule has 148 valence electrons. The van der Waals surface area contributed by atoms with Crippen molar-refractivity contribution in [3.8, 4) is 0 Å². The first-order valence-electron chi connectivity index (χ1n) is 10.7. The number of aromatic nitrogens is 2. The number of nitrogens with zero attached hydrogens (tertiary/aromatic N) is 3. The van der Waals surface area contributed by atoms with Crippen molar-refractivity contribution >= 4 is 22.4 Å². The van der Waals surface area contributed by atoms with Crippen LogP contribution in [0.25, 0.3) is 0 Å². The van der Waals surface area contributed by atoms with Crippen molar-refractivity contribution < 1.29 is 4.79 Å². The van der Waals surface area contributed by atoms with E-state index in [1.165, 1.54) is 43.5 Å².